The fourth-order valence-corrected chi connectivity index (χ4v) is 4.38. The van der Waals surface area contributed by atoms with E-state index in [4.69, 9.17) is 5.41 Å². The number of anilines is 1. The van der Waals surface area contributed by atoms with E-state index in [2.05, 4.69) is 56.0 Å². The maximum absolute atomic E-state index is 9.94. The summed E-state index contributed by atoms with van der Waals surface area (Å²) in [6, 6.07) is 6.44. The van der Waals surface area contributed by atoms with Gasteiger partial charge in [-0.15, -0.1) is 0 Å². The number of nitrogens with one attached hydrogen (secondary N) is 3. The molecule has 3 heterocycles. The first kappa shape index (κ1) is 16.7. The Kier molecular flexibility index (Phi) is 4.32. The first-order chi connectivity index (χ1) is 12.1. The van der Waals surface area contributed by atoms with Crippen LogP contribution in [0, 0.1) is 58.1 Å². The molecule has 1 aliphatic carbocycles. The van der Waals surface area contributed by atoms with Crippen molar-refractivity contribution in [3.05, 3.63) is 63.0 Å². The quantitative estimate of drug-likeness (QED) is 0.591. The number of H-pyrrole nitrogens is 1. The zero-order valence-electron chi connectivity index (χ0n) is 13.1. The second kappa shape index (κ2) is 6.49. The van der Waals surface area contributed by atoms with Gasteiger partial charge in [0.1, 0.15) is 0 Å². The number of hydrogen-bond donors (Lipinski definition) is 3. The minimum absolute atomic E-state index is 0.319. The third kappa shape index (κ3) is 2.77. The molecule has 5 nitrogen and oxygen atoms in total. The van der Waals surface area contributed by atoms with Crippen molar-refractivity contribution in [2.75, 3.05) is 5.32 Å². The van der Waals surface area contributed by atoms with Crippen LogP contribution < -0.4 is 5.32 Å². The molecule has 2 aromatic rings. The number of aromatic amines is 1. The monoisotopic (exact) mass is 500 g/mol. The summed E-state index contributed by atoms with van der Waals surface area (Å²) in [7, 11) is 0. The van der Waals surface area contributed by atoms with Crippen LogP contribution in [0.1, 0.15) is 21.2 Å². The molecule has 1 aliphatic heterocycles. The first-order valence-corrected chi connectivity index (χ1v) is 9.27. The Balaban J connectivity index is 1.94. The number of nitrogens with zero attached hydrogens (tertiary/aromatic N) is 2. The molecule has 0 radical (unpaired) electrons. The maximum atomic E-state index is 9.94. The Morgan fingerprint density at radius 3 is 2.96 bits per heavy atom. The van der Waals surface area contributed by atoms with Gasteiger partial charge in [0, 0.05) is 0 Å². The number of aromatic nitrogens is 2. The van der Waals surface area contributed by atoms with E-state index in [1.54, 1.807) is 17.5 Å². The average Bonchev–Trinajstić information content (AvgIpc) is 3.24. The molecular formula is C18H13N5STm. The van der Waals surface area contributed by atoms with Crippen LogP contribution in [0.3, 0.4) is 0 Å². The second-order valence-corrected chi connectivity index (χ2v) is 7.97. The summed E-state index contributed by atoms with van der Waals surface area (Å²) in [5, 5.41) is 28.8. The van der Waals surface area contributed by atoms with Gasteiger partial charge in [0.15, 0.2) is 0 Å². The van der Waals surface area contributed by atoms with E-state index in [1.165, 1.54) is 4.88 Å². The van der Waals surface area contributed by atoms with E-state index in [0.29, 0.717) is 11.3 Å². The molecule has 0 saturated carbocycles. The molecule has 0 amide bonds. The van der Waals surface area contributed by atoms with Crippen molar-refractivity contribution < 1.29 is 34.4 Å². The number of aryl methyl sites for hydroxylation is 1. The third-order valence-electron chi connectivity index (χ3n) is 4.21. The topological polar surface area (TPSA) is 88.3 Å². The van der Waals surface area contributed by atoms with Gasteiger partial charge in [-0.25, -0.2) is 0 Å². The number of rotatable bonds is 2. The summed E-state index contributed by atoms with van der Waals surface area (Å²) < 4.78 is 0.784. The van der Waals surface area contributed by atoms with Crippen LogP contribution in [-0.2, 0) is 0 Å². The Morgan fingerprint density at radius 2 is 2.24 bits per heavy atom. The Bertz CT molecular complexity index is 1040. The van der Waals surface area contributed by atoms with Gasteiger partial charge in [-0.3, -0.25) is 0 Å². The molecule has 4 rings (SSSR count). The van der Waals surface area contributed by atoms with Crippen LogP contribution in [0.2, 0.25) is 0 Å². The van der Waals surface area contributed by atoms with Crippen molar-refractivity contribution in [2.24, 2.45) is 0 Å². The van der Waals surface area contributed by atoms with Crippen molar-refractivity contribution in [3.8, 4) is 6.07 Å². The van der Waals surface area contributed by atoms with Gasteiger partial charge in [0.05, 0.1) is 0 Å². The van der Waals surface area contributed by atoms with Gasteiger partial charge in [0.2, 0.25) is 0 Å². The predicted octanol–water partition coefficient (Wildman–Crippen LogP) is 3.46. The second-order valence-electron chi connectivity index (χ2n) is 5.72. The number of hydrogen-bond acceptors (Lipinski definition) is 5. The molecule has 0 bridgehead atoms. The van der Waals surface area contributed by atoms with Crippen molar-refractivity contribution in [1.29, 1.82) is 10.7 Å². The van der Waals surface area contributed by atoms with Crippen LogP contribution in [0.15, 0.2) is 47.7 Å². The summed E-state index contributed by atoms with van der Waals surface area (Å²) >= 11 is 4.45. The first-order valence-electron chi connectivity index (χ1n) is 7.56. The van der Waals surface area contributed by atoms with Gasteiger partial charge < -0.3 is 0 Å². The van der Waals surface area contributed by atoms with E-state index in [-0.39, 0.29) is 5.92 Å². The van der Waals surface area contributed by atoms with Crippen molar-refractivity contribution in [3.63, 3.8) is 0 Å². The van der Waals surface area contributed by atoms with E-state index in [9.17, 15) is 5.26 Å². The third-order valence-corrected chi connectivity index (χ3v) is 5.97. The van der Waals surface area contributed by atoms with E-state index >= 15 is 0 Å². The van der Waals surface area contributed by atoms with Gasteiger partial charge in [-0.05, 0) is 0 Å². The molecule has 0 spiro atoms. The zero-order valence-corrected chi connectivity index (χ0v) is 15.7. The molecule has 2 aromatic heterocycles. The standard InChI is InChI=1S/C18H13N5S.Tm/c1-10-6-7-15(24-10)17-12(8-19)16(11-4-2-3-5-14(11)20)13-9-21-23-18(13)22-17;/h2-4,6-7,9,16,20H,1H3,(H2,21,22,23);. The Morgan fingerprint density at radius 1 is 1.40 bits per heavy atom. The van der Waals surface area contributed by atoms with Crippen LogP contribution >= 0.6 is 11.3 Å². The van der Waals surface area contributed by atoms with Crippen LogP contribution in [-0.4, -0.2) is 17.6 Å². The predicted molar refractivity (Wildman–Crippen MR) is 96.5 cm³/mol. The Labute approximate surface area is 171 Å². The number of nitriles is 1. The molecular weight excluding hydrogens is 487 g/mol. The van der Waals surface area contributed by atoms with Crippen LogP contribution in [0.4, 0.5) is 5.82 Å². The zero-order chi connectivity index (χ0) is 17.6. The summed E-state index contributed by atoms with van der Waals surface area (Å²) in [6.45, 7) is 2.04. The molecule has 0 fully saturated rings. The number of allylic oxidation sites excluding steroid dienone is 5. The summed E-state index contributed by atoms with van der Waals surface area (Å²) in [5.74, 6) is 0.455. The van der Waals surface area contributed by atoms with Gasteiger partial charge >= 0.3 is 173 Å². The molecule has 7 heteroatoms. The normalized spacial score (nSPS) is 19.4. The summed E-state index contributed by atoms with van der Waals surface area (Å²) in [6.07, 6.45) is 7.42. The molecule has 25 heavy (non-hydrogen) atoms. The SMILES string of the molecule is Cc1ccc(C2=C(C#N)C(C3=CC=C[C](=[Tm])C3=N)c3cn[nH]c3N2)s1. The van der Waals surface area contributed by atoms with Gasteiger partial charge in [0.25, 0.3) is 0 Å². The van der Waals surface area contributed by atoms with Gasteiger partial charge in [-0.1, -0.05) is 0 Å². The summed E-state index contributed by atoms with van der Waals surface area (Å²) in [4.78, 5) is 2.19. The molecule has 129 valence electrons. The van der Waals surface area contributed by atoms with E-state index in [1.807, 2.05) is 37.3 Å². The fourth-order valence-electron chi connectivity index (χ4n) is 3.07. The molecule has 1 unspecified atom stereocenters. The van der Waals surface area contributed by atoms with E-state index < -0.39 is 0 Å². The molecule has 0 aromatic carbocycles. The van der Waals surface area contributed by atoms with Gasteiger partial charge in [-0.2, -0.15) is 0 Å². The van der Waals surface area contributed by atoms with Crippen LogP contribution in [0.5, 0.6) is 0 Å². The molecule has 2 aliphatic rings. The number of fused-ring (bicyclic) bond motifs is 1. The summed E-state index contributed by atoms with van der Waals surface area (Å²) in [5.41, 5.74) is 3.49. The molecule has 0 saturated heterocycles. The molecule has 1 atom stereocenters. The van der Waals surface area contributed by atoms with Crippen molar-refractivity contribution in [1.82, 2.24) is 10.2 Å². The average molecular weight is 500 g/mol. The number of thiophene rings is 1. The molecule has 3 N–H and O–H groups in total. The minimum atomic E-state index is -0.319. The van der Waals surface area contributed by atoms with Crippen LogP contribution in [0.25, 0.3) is 5.70 Å². The Hall–Kier alpha value is -1.81. The van der Waals surface area contributed by atoms with E-state index in [0.717, 1.165) is 29.2 Å². The van der Waals surface area contributed by atoms with Crippen molar-refractivity contribution in [2.45, 2.75) is 12.8 Å². The fraction of sp³-hybridized carbons (Fsp3) is 0.111. The van der Waals surface area contributed by atoms with Crippen molar-refractivity contribution >= 4 is 30.3 Å².